The van der Waals surface area contributed by atoms with E-state index in [-0.39, 0.29) is 11.5 Å². The summed E-state index contributed by atoms with van der Waals surface area (Å²) in [5, 5.41) is 0. The molecule has 0 aliphatic rings. The average Bonchev–Trinajstić information content (AvgIpc) is 2.12. The molecule has 1 unspecified atom stereocenters. The van der Waals surface area contributed by atoms with Gasteiger partial charge in [0.1, 0.15) is 5.78 Å². The monoisotopic (exact) mass is 213 g/mol. The van der Waals surface area contributed by atoms with Crippen LogP contribution in [0.25, 0.3) is 0 Å². The molecular weight excluding hydrogens is 186 g/mol. The van der Waals surface area contributed by atoms with Crippen LogP contribution in [0.4, 0.5) is 0 Å². The summed E-state index contributed by atoms with van der Waals surface area (Å²) < 4.78 is 0. The van der Waals surface area contributed by atoms with Crippen LogP contribution in [0.3, 0.4) is 0 Å². The number of hydrogen-bond donors (Lipinski definition) is 1. The Balaban J connectivity index is 4.04. The molecule has 0 aliphatic carbocycles. The first kappa shape index (κ1) is 14.6. The third-order valence-electron chi connectivity index (χ3n) is 3.23. The predicted molar refractivity (Wildman–Crippen MR) is 65.7 cm³/mol. The second-order valence-electron chi connectivity index (χ2n) is 5.60. The average molecular weight is 213 g/mol. The van der Waals surface area contributed by atoms with Crippen molar-refractivity contribution in [1.29, 1.82) is 0 Å². The molecule has 0 saturated carbocycles. The molecule has 0 aromatic carbocycles. The first-order chi connectivity index (χ1) is 6.81. The number of rotatable bonds is 6. The lowest BCUT2D eigenvalue weighted by molar-refractivity contribution is -0.120. The van der Waals surface area contributed by atoms with E-state index in [9.17, 15) is 4.79 Å². The van der Waals surface area contributed by atoms with Crippen molar-refractivity contribution >= 4 is 5.78 Å². The van der Waals surface area contributed by atoms with Gasteiger partial charge < -0.3 is 5.73 Å². The van der Waals surface area contributed by atoms with E-state index in [1.54, 1.807) is 0 Å². The zero-order chi connectivity index (χ0) is 12.1. The highest BCUT2D eigenvalue weighted by Gasteiger charge is 2.23. The molecule has 0 aromatic rings. The van der Waals surface area contributed by atoms with Gasteiger partial charge in [-0.3, -0.25) is 4.79 Å². The van der Waals surface area contributed by atoms with Crippen molar-refractivity contribution in [2.75, 3.05) is 0 Å². The molecule has 15 heavy (non-hydrogen) atoms. The van der Waals surface area contributed by atoms with Crippen LogP contribution >= 0.6 is 0 Å². The van der Waals surface area contributed by atoms with Gasteiger partial charge in [0.25, 0.3) is 0 Å². The van der Waals surface area contributed by atoms with E-state index in [0.29, 0.717) is 24.5 Å². The van der Waals surface area contributed by atoms with Gasteiger partial charge in [-0.05, 0) is 11.3 Å². The predicted octanol–water partition coefficient (Wildman–Crippen LogP) is 3.15. The van der Waals surface area contributed by atoms with Gasteiger partial charge in [0.2, 0.25) is 0 Å². The fourth-order valence-electron chi connectivity index (χ4n) is 1.53. The fourth-order valence-corrected chi connectivity index (χ4v) is 1.53. The highest BCUT2D eigenvalue weighted by atomic mass is 16.1. The summed E-state index contributed by atoms with van der Waals surface area (Å²) in [6.45, 7) is 10.5. The quantitative estimate of drug-likeness (QED) is 0.736. The first-order valence-corrected chi connectivity index (χ1v) is 6.08. The van der Waals surface area contributed by atoms with E-state index in [1.807, 2.05) is 0 Å². The second-order valence-corrected chi connectivity index (χ2v) is 5.60. The van der Waals surface area contributed by atoms with Gasteiger partial charge >= 0.3 is 0 Å². The van der Waals surface area contributed by atoms with Crippen LogP contribution in [0.1, 0.15) is 60.3 Å². The van der Waals surface area contributed by atoms with Crippen molar-refractivity contribution in [3.8, 4) is 0 Å². The lowest BCUT2D eigenvalue weighted by atomic mass is 9.83. The maximum atomic E-state index is 11.7. The number of nitrogens with two attached hydrogens (primary N) is 1. The van der Waals surface area contributed by atoms with Gasteiger partial charge in [0.05, 0.1) is 0 Å². The molecule has 0 bridgehead atoms. The van der Waals surface area contributed by atoms with Crippen LogP contribution in [0.15, 0.2) is 0 Å². The van der Waals surface area contributed by atoms with Crippen LogP contribution in [0.2, 0.25) is 0 Å². The van der Waals surface area contributed by atoms with Crippen molar-refractivity contribution in [1.82, 2.24) is 0 Å². The molecule has 0 amide bonds. The van der Waals surface area contributed by atoms with E-state index >= 15 is 0 Å². The lowest BCUT2D eigenvalue weighted by Crippen LogP contribution is -2.37. The van der Waals surface area contributed by atoms with Crippen LogP contribution < -0.4 is 5.73 Å². The molecule has 2 heteroatoms. The molecule has 0 saturated heterocycles. The third-order valence-corrected chi connectivity index (χ3v) is 3.23. The minimum Gasteiger partial charge on any atom is -0.327 e. The zero-order valence-corrected chi connectivity index (χ0v) is 11.0. The molecule has 0 aliphatic heterocycles. The Morgan fingerprint density at radius 1 is 1.13 bits per heavy atom. The molecular formula is C13H27NO. The van der Waals surface area contributed by atoms with E-state index < -0.39 is 0 Å². The number of Topliss-reactive ketones (excluding diaryl/α,β-unsaturated/α-hetero) is 1. The number of ketones is 1. The topological polar surface area (TPSA) is 43.1 Å². The normalized spacial score (nSPS) is 14.3. The molecule has 0 rings (SSSR count). The minimum absolute atomic E-state index is 0.0145. The Kier molecular flexibility index (Phi) is 6.11. The molecule has 0 heterocycles. The van der Waals surface area contributed by atoms with E-state index in [0.717, 1.165) is 12.8 Å². The Labute approximate surface area is 94.6 Å². The van der Waals surface area contributed by atoms with Crippen molar-refractivity contribution < 1.29 is 4.79 Å². The Hall–Kier alpha value is -0.370. The summed E-state index contributed by atoms with van der Waals surface area (Å²) >= 11 is 0. The molecule has 2 N–H and O–H groups in total. The summed E-state index contributed by atoms with van der Waals surface area (Å²) in [6, 6.07) is -0.0145. The van der Waals surface area contributed by atoms with Gasteiger partial charge in [-0.25, -0.2) is 0 Å². The lowest BCUT2D eigenvalue weighted by Gasteiger charge is -2.26. The summed E-state index contributed by atoms with van der Waals surface area (Å²) in [5.41, 5.74) is 6.02. The van der Waals surface area contributed by atoms with Crippen molar-refractivity contribution in [2.24, 2.45) is 17.1 Å². The zero-order valence-electron chi connectivity index (χ0n) is 11.0. The maximum Gasteiger partial charge on any atom is 0.134 e. The molecule has 90 valence electrons. The highest BCUT2D eigenvalue weighted by Crippen LogP contribution is 2.22. The van der Waals surface area contributed by atoms with Gasteiger partial charge in [0, 0.05) is 18.9 Å². The van der Waals surface area contributed by atoms with Gasteiger partial charge in [-0.1, -0.05) is 47.5 Å². The molecule has 0 spiro atoms. The van der Waals surface area contributed by atoms with Crippen LogP contribution in [0, 0.1) is 11.3 Å². The smallest absolute Gasteiger partial charge is 0.134 e. The van der Waals surface area contributed by atoms with Crippen LogP contribution in [-0.2, 0) is 4.79 Å². The Bertz CT molecular complexity index is 189. The number of carbonyl (C=O) groups excluding carboxylic acids is 1. The SMILES string of the molecule is CCC(CC)CC(=O)CC(N)C(C)(C)C. The summed E-state index contributed by atoms with van der Waals surface area (Å²) in [6.07, 6.45) is 3.41. The van der Waals surface area contributed by atoms with E-state index in [4.69, 9.17) is 5.73 Å². The van der Waals surface area contributed by atoms with Crippen LogP contribution in [0.5, 0.6) is 0 Å². The Morgan fingerprint density at radius 2 is 1.60 bits per heavy atom. The van der Waals surface area contributed by atoms with Gasteiger partial charge in [0.15, 0.2) is 0 Å². The maximum absolute atomic E-state index is 11.7. The third kappa shape index (κ3) is 5.93. The Morgan fingerprint density at radius 3 is 1.93 bits per heavy atom. The molecule has 0 aromatic heterocycles. The molecule has 0 radical (unpaired) electrons. The first-order valence-electron chi connectivity index (χ1n) is 6.08. The fraction of sp³-hybridized carbons (Fsp3) is 0.923. The summed E-state index contributed by atoms with van der Waals surface area (Å²) in [4.78, 5) is 11.7. The van der Waals surface area contributed by atoms with E-state index in [1.165, 1.54) is 0 Å². The minimum atomic E-state index is -0.0145. The summed E-state index contributed by atoms with van der Waals surface area (Å²) in [5.74, 6) is 0.871. The van der Waals surface area contributed by atoms with Crippen LogP contribution in [-0.4, -0.2) is 11.8 Å². The summed E-state index contributed by atoms with van der Waals surface area (Å²) in [7, 11) is 0. The molecule has 0 fully saturated rings. The van der Waals surface area contributed by atoms with Gasteiger partial charge in [-0.15, -0.1) is 0 Å². The molecule has 1 atom stereocenters. The number of hydrogen-bond acceptors (Lipinski definition) is 2. The largest absolute Gasteiger partial charge is 0.327 e. The van der Waals surface area contributed by atoms with Crippen molar-refractivity contribution in [2.45, 2.75) is 66.3 Å². The number of carbonyl (C=O) groups is 1. The standard InChI is InChI=1S/C13H27NO/c1-6-10(7-2)8-11(15)9-12(14)13(3,4)5/h10,12H,6-9,14H2,1-5H3. The van der Waals surface area contributed by atoms with Gasteiger partial charge in [-0.2, -0.15) is 0 Å². The molecule has 2 nitrogen and oxygen atoms in total. The van der Waals surface area contributed by atoms with Crippen molar-refractivity contribution in [3.63, 3.8) is 0 Å². The second kappa shape index (κ2) is 6.26. The van der Waals surface area contributed by atoms with E-state index in [2.05, 4.69) is 34.6 Å². The van der Waals surface area contributed by atoms with Crippen molar-refractivity contribution in [3.05, 3.63) is 0 Å². The highest BCUT2D eigenvalue weighted by molar-refractivity contribution is 5.79.